The lowest BCUT2D eigenvalue weighted by Crippen LogP contribution is -2.13. The molecule has 2 aromatic rings. The van der Waals surface area contributed by atoms with Gasteiger partial charge in [0, 0.05) is 24.0 Å². The first-order valence-corrected chi connectivity index (χ1v) is 7.21. The van der Waals surface area contributed by atoms with E-state index in [0.717, 1.165) is 24.4 Å². The molecule has 2 heterocycles. The molecular weight excluding hydrogens is 260 g/mol. The summed E-state index contributed by atoms with van der Waals surface area (Å²) in [6.07, 6.45) is 4.26. The summed E-state index contributed by atoms with van der Waals surface area (Å²) in [5.74, 6) is 0.581. The van der Waals surface area contributed by atoms with Gasteiger partial charge in [-0.1, -0.05) is 6.92 Å². The molecule has 0 atom stereocenters. The van der Waals surface area contributed by atoms with Crippen LogP contribution < -0.4 is 10.1 Å². The van der Waals surface area contributed by atoms with Crippen LogP contribution in [0.1, 0.15) is 23.2 Å². The summed E-state index contributed by atoms with van der Waals surface area (Å²) >= 11 is 1.66. The van der Waals surface area contributed by atoms with Gasteiger partial charge in [-0.2, -0.15) is 0 Å². The normalized spacial score (nSPS) is 10.6. The Hall–Kier alpha value is -1.53. The molecule has 1 N–H and O–H groups in total. The highest BCUT2D eigenvalue weighted by Crippen LogP contribution is 2.13. The van der Waals surface area contributed by atoms with Crippen LogP contribution in [-0.4, -0.2) is 28.1 Å². The number of hydrogen-bond donors (Lipinski definition) is 1. The van der Waals surface area contributed by atoms with Gasteiger partial charge in [0.2, 0.25) is 5.88 Å². The Morgan fingerprint density at radius 1 is 1.37 bits per heavy atom. The highest BCUT2D eigenvalue weighted by Gasteiger charge is 2.03. The topological polar surface area (TPSA) is 59.9 Å². The Bertz CT molecular complexity index is 515. The Morgan fingerprint density at radius 3 is 3.00 bits per heavy atom. The Labute approximate surface area is 117 Å². The number of nitrogens with one attached hydrogen (secondary N) is 1. The molecule has 0 bridgehead atoms. The summed E-state index contributed by atoms with van der Waals surface area (Å²) in [5.41, 5.74) is 3.84. The third-order valence-electron chi connectivity index (χ3n) is 2.64. The van der Waals surface area contributed by atoms with Crippen LogP contribution >= 0.6 is 11.3 Å². The molecule has 0 saturated heterocycles. The third kappa shape index (κ3) is 4.25. The van der Waals surface area contributed by atoms with Crippen LogP contribution in [0.3, 0.4) is 0 Å². The van der Waals surface area contributed by atoms with Gasteiger partial charge in [0.15, 0.2) is 0 Å². The Morgan fingerprint density at radius 2 is 2.26 bits per heavy atom. The Balaban J connectivity index is 1.84. The van der Waals surface area contributed by atoms with Crippen LogP contribution in [0.25, 0.3) is 0 Å². The number of ether oxygens (including phenoxy) is 1. The number of nitrogens with zero attached hydrogens (tertiary/aromatic N) is 3. The maximum atomic E-state index is 5.63. The van der Waals surface area contributed by atoms with E-state index >= 15 is 0 Å². The molecule has 0 radical (unpaired) electrons. The minimum absolute atomic E-state index is 0.581. The zero-order chi connectivity index (χ0) is 13.5. The smallest absolute Gasteiger partial charge is 0.232 e. The highest BCUT2D eigenvalue weighted by molar-refractivity contribution is 7.09. The van der Waals surface area contributed by atoms with Crippen molar-refractivity contribution in [2.24, 2.45) is 0 Å². The molecule has 0 spiro atoms. The fourth-order valence-corrected chi connectivity index (χ4v) is 2.37. The van der Waals surface area contributed by atoms with E-state index in [1.807, 2.05) is 12.4 Å². The quantitative estimate of drug-likeness (QED) is 0.839. The van der Waals surface area contributed by atoms with Crippen molar-refractivity contribution < 1.29 is 4.74 Å². The molecule has 2 aromatic heterocycles. The second kappa shape index (κ2) is 7.16. The van der Waals surface area contributed by atoms with Crippen molar-refractivity contribution in [3.8, 4) is 5.88 Å². The first-order chi connectivity index (χ1) is 9.29. The SMILES string of the molecule is CCNCc1cncc(OCCc2scnc2C)n1. The summed E-state index contributed by atoms with van der Waals surface area (Å²) in [7, 11) is 0. The van der Waals surface area contributed by atoms with E-state index in [4.69, 9.17) is 4.74 Å². The molecule has 5 nitrogen and oxygen atoms in total. The van der Waals surface area contributed by atoms with Crippen LogP contribution in [0.4, 0.5) is 0 Å². The average Bonchev–Trinajstić information content (AvgIpc) is 2.83. The van der Waals surface area contributed by atoms with Crippen LogP contribution in [-0.2, 0) is 13.0 Å². The molecule has 0 fully saturated rings. The maximum absolute atomic E-state index is 5.63. The third-order valence-corrected chi connectivity index (χ3v) is 3.64. The Kier molecular flexibility index (Phi) is 5.23. The van der Waals surface area contributed by atoms with Crippen molar-refractivity contribution in [2.75, 3.05) is 13.2 Å². The molecule has 19 heavy (non-hydrogen) atoms. The minimum Gasteiger partial charge on any atom is -0.476 e. The van der Waals surface area contributed by atoms with Gasteiger partial charge in [0.05, 0.1) is 29.7 Å². The lowest BCUT2D eigenvalue weighted by atomic mass is 10.3. The first kappa shape index (κ1) is 13.9. The van der Waals surface area contributed by atoms with E-state index in [-0.39, 0.29) is 0 Å². The molecule has 0 aliphatic rings. The lowest BCUT2D eigenvalue weighted by Gasteiger charge is -2.06. The second-order valence-corrected chi connectivity index (χ2v) is 5.03. The van der Waals surface area contributed by atoms with Crippen LogP contribution in [0.5, 0.6) is 5.88 Å². The van der Waals surface area contributed by atoms with E-state index in [9.17, 15) is 0 Å². The molecule has 0 aliphatic carbocycles. The molecule has 6 heteroatoms. The van der Waals surface area contributed by atoms with Gasteiger partial charge in [-0.15, -0.1) is 11.3 Å². The molecule has 0 saturated carbocycles. The van der Waals surface area contributed by atoms with Crippen molar-refractivity contribution in [2.45, 2.75) is 26.8 Å². The largest absolute Gasteiger partial charge is 0.476 e. The maximum Gasteiger partial charge on any atom is 0.232 e. The summed E-state index contributed by atoms with van der Waals surface area (Å²) in [4.78, 5) is 14.0. The van der Waals surface area contributed by atoms with Gasteiger partial charge in [0.25, 0.3) is 0 Å². The number of rotatable bonds is 7. The molecule has 0 aliphatic heterocycles. The molecule has 0 aromatic carbocycles. The number of thiazole rings is 1. The van der Waals surface area contributed by atoms with Crippen LogP contribution in [0.2, 0.25) is 0 Å². The fraction of sp³-hybridized carbons (Fsp3) is 0.462. The van der Waals surface area contributed by atoms with Crippen molar-refractivity contribution in [1.82, 2.24) is 20.3 Å². The summed E-state index contributed by atoms with van der Waals surface area (Å²) < 4.78 is 5.63. The standard InChI is InChI=1S/C13H18N4OS/c1-3-14-6-11-7-15-8-13(17-11)18-5-4-12-10(2)16-9-19-12/h7-9,14H,3-6H2,1-2H3. The first-order valence-electron chi connectivity index (χ1n) is 6.33. The van der Waals surface area contributed by atoms with Crippen molar-refractivity contribution in [3.63, 3.8) is 0 Å². The van der Waals surface area contributed by atoms with Gasteiger partial charge in [-0.25, -0.2) is 9.97 Å². The van der Waals surface area contributed by atoms with Crippen molar-refractivity contribution in [3.05, 3.63) is 34.2 Å². The fourth-order valence-electron chi connectivity index (χ4n) is 1.61. The van der Waals surface area contributed by atoms with Gasteiger partial charge in [-0.3, -0.25) is 4.98 Å². The van der Waals surface area contributed by atoms with E-state index < -0.39 is 0 Å². The van der Waals surface area contributed by atoms with Gasteiger partial charge < -0.3 is 10.1 Å². The molecule has 102 valence electrons. The van der Waals surface area contributed by atoms with E-state index in [1.165, 1.54) is 4.88 Å². The minimum atomic E-state index is 0.581. The van der Waals surface area contributed by atoms with Gasteiger partial charge in [0.1, 0.15) is 0 Å². The average molecular weight is 278 g/mol. The van der Waals surface area contributed by atoms with Crippen molar-refractivity contribution >= 4 is 11.3 Å². The van der Waals surface area contributed by atoms with Gasteiger partial charge in [-0.05, 0) is 13.5 Å². The summed E-state index contributed by atoms with van der Waals surface area (Å²) in [6, 6.07) is 0. The van der Waals surface area contributed by atoms with E-state index in [0.29, 0.717) is 19.0 Å². The van der Waals surface area contributed by atoms with Gasteiger partial charge >= 0.3 is 0 Å². The predicted octanol–water partition coefficient (Wildman–Crippen LogP) is 1.97. The molecule has 2 rings (SSSR count). The highest BCUT2D eigenvalue weighted by atomic mass is 32.1. The monoisotopic (exact) mass is 278 g/mol. The molecule has 0 amide bonds. The van der Waals surface area contributed by atoms with Crippen LogP contribution in [0, 0.1) is 6.92 Å². The lowest BCUT2D eigenvalue weighted by molar-refractivity contribution is 0.307. The zero-order valence-corrected chi connectivity index (χ0v) is 12.0. The van der Waals surface area contributed by atoms with Crippen LogP contribution in [0.15, 0.2) is 17.9 Å². The molecular formula is C13H18N4OS. The number of aryl methyl sites for hydroxylation is 1. The second-order valence-electron chi connectivity index (χ2n) is 4.09. The predicted molar refractivity (Wildman–Crippen MR) is 75.5 cm³/mol. The van der Waals surface area contributed by atoms with E-state index in [2.05, 4.69) is 27.2 Å². The number of aromatic nitrogens is 3. The van der Waals surface area contributed by atoms with E-state index in [1.54, 1.807) is 23.7 Å². The summed E-state index contributed by atoms with van der Waals surface area (Å²) in [6.45, 7) is 6.31. The molecule has 0 unspecified atom stereocenters. The zero-order valence-electron chi connectivity index (χ0n) is 11.2. The van der Waals surface area contributed by atoms with Crippen molar-refractivity contribution in [1.29, 1.82) is 0 Å². The number of hydrogen-bond acceptors (Lipinski definition) is 6. The summed E-state index contributed by atoms with van der Waals surface area (Å²) in [5, 5.41) is 3.21.